The van der Waals surface area contributed by atoms with E-state index in [9.17, 15) is 17.6 Å². The lowest BCUT2D eigenvalue weighted by Crippen LogP contribution is -2.69. The van der Waals surface area contributed by atoms with Crippen molar-refractivity contribution in [2.24, 2.45) is 5.41 Å². The summed E-state index contributed by atoms with van der Waals surface area (Å²) in [6.07, 6.45) is 4.98. The molecule has 0 atom stereocenters. The second-order valence-electron chi connectivity index (χ2n) is 8.09. The van der Waals surface area contributed by atoms with Crippen molar-refractivity contribution in [2.45, 2.75) is 42.8 Å². The first-order chi connectivity index (χ1) is 11.7. The lowest BCUT2D eigenvalue weighted by molar-refractivity contribution is -0.159. The minimum absolute atomic E-state index is 0.0143. The topological polar surface area (TPSA) is 54.5 Å². The van der Waals surface area contributed by atoms with Gasteiger partial charge < -0.3 is 4.90 Å². The van der Waals surface area contributed by atoms with Crippen molar-refractivity contribution in [3.63, 3.8) is 0 Å². The zero-order chi connectivity index (χ0) is 18.0. The fraction of sp³-hybridized carbons (Fsp3) is 0.611. The summed E-state index contributed by atoms with van der Waals surface area (Å²) in [6.45, 7) is 1.24. The molecule has 2 saturated carbocycles. The van der Waals surface area contributed by atoms with Gasteiger partial charge in [-0.1, -0.05) is 24.1 Å². The van der Waals surface area contributed by atoms with Crippen LogP contribution in [0.1, 0.15) is 37.7 Å². The summed E-state index contributed by atoms with van der Waals surface area (Å²) < 4.78 is 37.0. The molecule has 136 valence electrons. The van der Waals surface area contributed by atoms with E-state index >= 15 is 0 Å². The number of halogens is 2. The van der Waals surface area contributed by atoms with E-state index in [4.69, 9.17) is 11.6 Å². The fourth-order valence-corrected chi connectivity index (χ4v) is 6.06. The molecule has 0 aromatic heterocycles. The molecule has 0 unspecified atom stereocenters. The Kier molecular flexibility index (Phi) is 3.75. The van der Waals surface area contributed by atoms with E-state index in [2.05, 4.69) is 0 Å². The van der Waals surface area contributed by atoms with Crippen molar-refractivity contribution in [1.82, 2.24) is 4.90 Å². The molecule has 7 heteroatoms. The van der Waals surface area contributed by atoms with E-state index in [0.717, 1.165) is 19.3 Å². The predicted molar refractivity (Wildman–Crippen MR) is 93.8 cm³/mol. The number of amides is 1. The van der Waals surface area contributed by atoms with Crippen LogP contribution in [0.3, 0.4) is 0 Å². The number of carbonyl (C=O) groups is 1. The monoisotopic (exact) mass is 385 g/mol. The third kappa shape index (κ3) is 2.60. The normalized spacial score (nSPS) is 24.4. The zero-order valence-electron chi connectivity index (χ0n) is 14.1. The Labute approximate surface area is 152 Å². The number of hydrogen-bond donors (Lipinski definition) is 0. The Bertz CT molecular complexity index is 836. The third-order valence-electron chi connectivity index (χ3n) is 6.36. The van der Waals surface area contributed by atoms with E-state index in [1.165, 1.54) is 18.4 Å². The molecule has 1 heterocycles. The van der Waals surface area contributed by atoms with Crippen LogP contribution >= 0.6 is 11.6 Å². The number of sulfone groups is 1. The molecule has 1 amide bonds. The maximum Gasteiger partial charge on any atom is 0.233 e. The molecule has 0 bridgehead atoms. The smallest absolute Gasteiger partial charge is 0.233 e. The van der Waals surface area contributed by atoms with Crippen molar-refractivity contribution < 1.29 is 17.6 Å². The van der Waals surface area contributed by atoms with Gasteiger partial charge in [-0.15, -0.1) is 0 Å². The average molecular weight is 386 g/mol. The van der Waals surface area contributed by atoms with Crippen LogP contribution in [0.25, 0.3) is 0 Å². The van der Waals surface area contributed by atoms with Gasteiger partial charge in [-0.3, -0.25) is 4.79 Å². The highest BCUT2D eigenvalue weighted by molar-refractivity contribution is 7.91. The summed E-state index contributed by atoms with van der Waals surface area (Å²) in [7, 11) is -2.98. The summed E-state index contributed by atoms with van der Waals surface area (Å²) in [4.78, 5) is 14.9. The highest BCUT2D eigenvalue weighted by Crippen LogP contribution is 2.54. The summed E-state index contributed by atoms with van der Waals surface area (Å²) in [5, 5.41) is -0.192. The Balaban J connectivity index is 1.47. The van der Waals surface area contributed by atoms with Gasteiger partial charge in [0.2, 0.25) is 5.91 Å². The average Bonchev–Trinajstić information content (AvgIpc) is 2.37. The summed E-state index contributed by atoms with van der Waals surface area (Å²) in [5.74, 6) is -0.442. The van der Waals surface area contributed by atoms with Crippen LogP contribution in [0.4, 0.5) is 4.39 Å². The Morgan fingerprint density at radius 3 is 2.40 bits per heavy atom. The fourth-order valence-electron chi connectivity index (χ4n) is 4.63. The molecular weight excluding hydrogens is 365 g/mol. The van der Waals surface area contributed by atoms with Gasteiger partial charge in [0.1, 0.15) is 15.7 Å². The molecule has 4 nitrogen and oxygen atoms in total. The minimum atomic E-state index is -2.98. The van der Waals surface area contributed by atoms with Gasteiger partial charge in [-0.05, 0) is 43.4 Å². The third-order valence-corrected chi connectivity index (χ3v) is 8.21. The zero-order valence-corrected chi connectivity index (χ0v) is 15.7. The van der Waals surface area contributed by atoms with Crippen LogP contribution in [-0.4, -0.2) is 43.8 Å². The molecule has 1 aliphatic heterocycles. The molecule has 3 fully saturated rings. The molecule has 1 aromatic rings. The number of benzene rings is 1. The van der Waals surface area contributed by atoms with E-state index < -0.39 is 21.1 Å². The Hall–Kier alpha value is -1.14. The van der Waals surface area contributed by atoms with Gasteiger partial charge in [0.05, 0.1) is 15.7 Å². The van der Waals surface area contributed by atoms with Gasteiger partial charge in [-0.2, -0.15) is 0 Å². The minimum Gasteiger partial charge on any atom is -0.341 e. The molecule has 0 radical (unpaired) electrons. The molecule has 25 heavy (non-hydrogen) atoms. The number of nitrogens with zero attached hydrogens (tertiary/aromatic N) is 1. The number of hydrogen-bond acceptors (Lipinski definition) is 3. The summed E-state index contributed by atoms with van der Waals surface area (Å²) >= 11 is 5.77. The molecule has 1 spiro atoms. The molecule has 1 saturated heterocycles. The second-order valence-corrected chi connectivity index (χ2v) is 10.8. The van der Waals surface area contributed by atoms with Crippen LogP contribution in [0.2, 0.25) is 5.02 Å². The predicted octanol–water partition coefficient (Wildman–Crippen LogP) is 2.94. The lowest BCUT2D eigenvalue weighted by atomic mass is 9.59. The van der Waals surface area contributed by atoms with Gasteiger partial charge in [0, 0.05) is 24.8 Å². The Morgan fingerprint density at radius 1 is 1.28 bits per heavy atom. The summed E-state index contributed by atoms with van der Waals surface area (Å²) in [5.41, 5.74) is 0.0568. The summed E-state index contributed by atoms with van der Waals surface area (Å²) in [6, 6.07) is 4.65. The van der Waals surface area contributed by atoms with Gasteiger partial charge >= 0.3 is 0 Å². The van der Waals surface area contributed by atoms with Crippen molar-refractivity contribution in [1.29, 1.82) is 0 Å². The number of likely N-dealkylation sites (tertiary alicyclic amines) is 1. The maximum atomic E-state index is 13.9. The SMILES string of the molecule is CS(=O)(=O)C1CC2(C1)CN(C(=O)C1(c3ccc(Cl)c(F)c3)CCC1)C2. The van der Waals surface area contributed by atoms with E-state index in [0.29, 0.717) is 31.5 Å². The second kappa shape index (κ2) is 5.43. The molecule has 1 aromatic carbocycles. The standard InChI is InChI=1S/C18H21ClFNO3S/c1-25(23,24)13-8-17(9-13)10-21(11-17)16(22)18(5-2-6-18)12-3-4-14(19)15(20)7-12/h3-4,7,13H,2,5-6,8-11H2,1H3. The number of carbonyl (C=O) groups excluding carboxylic acids is 1. The Morgan fingerprint density at radius 2 is 1.92 bits per heavy atom. The largest absolute Gasteiger partial charge is 0.341 e. The maximum absolute atomic E-state index is 13.9. The van der Waals surface area contributed by atoms with Gasteiger partial charge in [-0.25, -0.2) is 12.8 Å². The first-order valence-electron chi connectivity index (χ1n) is 8.59. The van der Waals surface area contributed by atoms with Gasteiger partial charge in [0.25, 0.3) is 0 Å². The van der Waals surface area contributed by atoms with E-state index in [-0.39, 0.29) is 21.6 Å². The molecular formula is C18H21ClFNO3S. The van der Waals surface area contributed by atoms with E-state index in [1.54, 1.807) is 6.07 Å². The van der Waals surface area contributed by atoms with Crippen LogP contribution in [0, 0.1) is 11.2 Å². The first kappa shape index (κ1) is 17.3. The molecule has 0 N–H and O–H groups in total. The highest BCUT2D eigenvalue weighted by atomic mass is 35.5. The van der Waals surface area contributed by atoms with Crippen LogP contribution in [0.5, 0.6) is 0 Å². The molecule has 3 aliphatic rings. The van der Waals surface area contributed by atoms with E-state index in [1.807, 2.05) is 4.90 Å². The lowest BCUT2D eigenvalue weighted by Gasteiger charge is -2.60. The van der Waals surface area contributed by atoms with Crippen LogP contribution < -0.4 is 0 Å². The van der Waals surface area contributed by atoms with Crippen molar-refractivity contribution in [3.8, 4) is 0 Å². The van der Waals surface area contributed by atoms with Crippen LogP contribution in [0.15, 0.2) is 18.2 Å². The van der Waals surface area contributed by atoms with Crippen molar-refractivity contribution in [2.75, 3.05) is 19.3 Å². The quantitative estimate of drug-likeness (QED) is 0.803. The van der Waals surface area contributed by atoms with Gasteiger partial charge in [0.15, 0.2) is 0 Å². The molecule has 2 aliphatic carbocycles. The van der Waals surface area contributed by atoms with Crippen molar-refractivity contribution >= 4 is 27.3 Å². The van der Waals surface area contributed by atoms with Crippen LogP contribution in [-0.2, 0) is 20.0 Å². The first-order valence-corrected chi connectivity index (χ1v) is 10.9. The molecule has 4 rings (SSSR count). The number of rotatable bonds is 3. The van der Waals surface area contributed by atoms with Crippen molar-refractivity contribution in [3.05, 3.63) is 34.6 Å². The highest BCUT2D eigenvalue weighted by Gasteiger charge is 2.59.